The van der Waals surface area contributed by atoms with Crippen molar-refractivity contribution in [2.75, 3.05) is 12.3 Å². The van der Waals surface area contributed by atoms with Gasteiger partial charge < -0.3 is 20.9 Å². The Hall–Kier alpha value is -3.06. The first-order valence-electron chi connectivity index (χ1n) is 7.23. The molecule has 13 heteroatoms. The summed E-state index contributed by atoms with van der Waals surface area (Å²) in [7, 11) is 0. The summed E-state index contributed by atoms with van der Waals surface area (Å²) >= 11 is 0.966. The van der Waals surface area contributed by atoms with Crippen molar-refractivity contribution in [1.29, 1.82) is 0 Å². The van der Waals surface area contributed by atoms with E-state index in [-0.39, 0.29) is 23.7 Å². The van der Waals surface area contributed by atoms with Crippen LogP contribution >= 0.6 is 11.3 Å². The second kappa shape index (κ2) is 6.34. The lowest BCUT2D eigenvalue weighted by atomic mass is 10.1. The average Bonchev–Trinajstić information content (AvgIpc) is 3.28. The molecule has 1 aromatic rings. The van der Waals surface area contributed by atoms with Crippen molar-refractivity contribution in [1.82, 2.24) is 15.4 Å². The number of nitrogen functional groups attached to an aromatic ring is 1. The van der Waals surface area contributed by atoms with Gasteiger partial charge in [-0.3, -0.25) is 24.0 Å². The van der Waals surface area contributed by atoms with Gasteiger partial charge in [-0.2, -0.15) is 5.06 Å². The van der Waals surface area contributed by atoms with Gasteiger partial charge in [-0.05, 0) is 0 Å². The number of ether oxygens (including phenoxy) is 1. The van der Waals surface area contributed by atoms with Crippen LogP contribution in [0.3, 0.4) is 0 Å². The molecule has 2 aliphatic rings. The maximum atomic E-state index is 12.4. The molecule has 2 amide bonds. The van der Waals surface area contributed by atoms with Crippen LogP contribution < -0.4 is 11.1 Å². The Morgan fingerprint density at radius 3 is 2.69 bits per heavy atom. The number of carboxylic acids is 1. The number of hydrogen-bond donors (Lipinski definition) is 3. The number of hydroxylamine groups is 2. The largest absolute Gasteiger partial charge is 0.477 e. The molecule has 2 saturated heterocycles. The van der Waals surface area contributed by atoms with E-state index in [1.165, 1.54) is 5.38 Å². The summed E-state index contributed by atoms with van der Waals surface area (Å²) in [6, 6.07) is -1.32. The summed E-state index contributed by atoms with van der Waals surface area (Å²) < 4.78 is 4.78. The van der Waals surface area contributed by atoms with E-state index in [0.717, 1.165) is 11.3 Å². The summed E-state index contributed by atoms with van der Waals surface area (Å²) in [5.41, 5.74) is 2.92. The summed E-state index contributed by atoms with van der Waals surface area (Å²) in [6.07, 6.45) is -0.509. The number of nitrogens with zero attached hydrogens (tertiary/aromatic N) is 2. The summed E-state index contributed by atoms with van der Waals surface area (Å²) in [6.45, 7) is -0.427. The first-order valence-corrected chi connectivity index (χ1v) is 8.11. The number of ketones is 1. The van der Waals surface area contributed by atoms with Crippen molar-refractivity contribution in [3.05, 3.63) is 11.1 Å². The van der Waals surface area contributed by atoms with Crippen molar-refractivity contribution >= 4 is 46.0 Å². The van der Waals surface area contributed by atoms with Gasteiger partial charge in [-0.1, -0.05) is 0 Å². The predicted molar refractivity (Wildman–Crippen MR) is 81.3 cm³/mol. The molecule has 2 aliphatic heterocycles. The number of amides is 2. The fourth-order valence-corrected chi connectivity index (χ4v) is 3.03. The van der Waals surface area contributed by atoms with Gasteiger partial charge in [0.1, 0.15) is 18.3 Å². The number of carbonyl (C=O) groups excluding carboxylic acids is 4. The average molecular weight is 384 g/mol. The molecule has 1 unspecified atom stereocenters. The van der Waals surface area contributed by atoms with Crippen molar-refractivity contribution < 1.29 is 38.7 Å². The molecule has 0 radical (unpaired) electrons. The zero-order chi connectivity index (χ0) is 19.1. The standard InChI is InChI=1S/C13H12N4O8S/c14-12-16-6(4-26-12)8(19)9(20)15-5-3-24-17(10(5)21)13(11(22)23)2-1-7(18)25-13/h4-5H,1-3H2,(H2,14,16)(H,15,20)(H,22,23)/t5-,13?/m0/s1. The van der Waals surface area contributed by atoms with Gasteiger partial charge in [0.2, 0.25) is 0 Å². The Kier molecular flexibility index (Phi) is 4.33. The predicted octanol–water partition coefficient (Wildman–Crippen LogP) is -1.72. The molecule has 4 N–H and O–H groups in total. The molecule has 2 fully saturated rings. The highest BCUT2D eigenvalue weighted by molar-refractivity contribution is 7.13. The van der Waals surface area contributed by atoms with E-state index in [9.17, 15) is 29.1 Å². The molecular formula is C13H12N4O8S. The molecule has 138 valence electrons. The quantitative estimate of drug-likeness (QED) is 0.300. The van der Waals surface area contributed by atoms with Crippen LogP contribution in [-0.2, 0) is 28.8 Å². The van der Waals surface area contributed by atoms with Gasteiger partial charge in [0.15, 0.2) is 5.13 Å². The Bertz CT molecular complexity index is 823. The van der Waals surface area contributed by atoms with Crippen LogP contribution in [0.2, 0.25) is 0 Å². The topological polar surface area (TPSA) is 178 Å². The lowest BCUT2D eigenvalue weighted by Crippen LogP contribution is -2.57. The highest BCUT2D eigenvalue weighted by Crippen LogP contribution is 2.34. The molecule has 0 spiro atoms. The Labute approximate surface area is 148 Å². The van der Waals surface area contributed by atoms with Gasteiger partial charge in [-0.15, -0.1) is 11.3 Å². The summed E-state index contributed by atoms with van der Waals surface area (Å²) in [4.78, 5) is 67.9. The van der Waals surface area contributed by atoms with Gasteiger partial charge in [-0.25, -0.2) is 9.78 Å². The van der Waals surface area contributed by atoms with Crippen molar-refractivity contribution in [2.24, 2.45) is 0 Å². The number of esters is 1. The minimum atomic E-state index is -2.29. The molecule has 3 heterocycles. The van der Waals surface area contributed by atoms with Gasteiger partial charge in [0.25, 0.3) is 17.6 Å². The zero-order valence-electron chi connectivity index (χ0n) is 13.0. The molecule has 3 rings (SSSR count). The molecular weight excluding hydrogens is 372 g/mol. The molecule has 12 nitrogen and oxygen atoms in total. The van der Waals surface area contributed by atoms with Crippen LogP contribution in [-0.4, -0.2) is 63.1 Å². The fraction of sp³-hybridized carbons (Fsp3) is 0.385. The third kappa shape index (κ3) is 2.86. The number of nitrogens with two attached hydrogens (primary N) is 1. The van der Waals surface area contributed by atoms with Crippen molar-refractivity contribution in [3.63, 3.8) is 0 Å². The van der Waals surface area contributed by atoms with Crippen molar-refractivity contribution in [2.45, 2.75) is 24.6 Å². The normalized spacial score (nSPS) is 25.2. The number of carbonyl (C=O) groups is 5. The first kappa shape index (κ1) is 17.8. The molecule has 26 heavy (non-hydrogen) atoms. The Morgan fingerprint density at radius 1 is 1.42 bits per heavy atom. The zero-order valence-corrected chi connectivity index (χ0v) is 13.8. The van der Waals surface area contributed by atoms with Crippen LogP contribution in [0.5, 0.6) is 0 Å². The number of rotatable bonds is 5. The highest BCUT2D eigenvalue weighted by atomic mass is 32.1. The van der Waals surface area contributed by atoms with E-state index in [0.29, 0.717) is 5.06 Å². The fourth-order valence-electron chi connectivity index (χ4n) is 2.49. The van der Waals surface area contributed by atoms with E-state index < -0.39 is 47.9 Å². The number of Topliss-reactive ketones (excluding diaryl/α,β-unsaturated/α-hetero) is 1. The molecule has 0 bridgehead atoms. The van der Waals surface area contributed by atoms with Crippen LogP contribution in [0.25, 0.3) is 0 Å². The monoisotopic (exact) mass is 384 g/mol. The molecule has 0 saturated carbocycles. The maximum Gasteiger partial charge on any atom is 0.372 e. The van der Waals surface area contributed by atoms with Crippen LogP contribution in [0.4, 0.5) is 5.13 Å². The number of aliphatic carboxylic acids is 1. The van der Waals surface area contributed by atoms with E-state index in [2.05, 4.69) is 10.3 Å². The molecule has 0 aliphatic carbocycles. The number of aromatic nitrogens is 1. The number of hydrogen-bond acceptors (Lipinski definition) is 10. The number of anilines is 1. The second-order valence-corrected chi connectivity index (χ2v) is 6.31. The van der Waals surface area contributed by atoms with Gasteiger partial charge in [0.05, 0.1) is 6.42 Å². The first-order chi connectivity index (χ1) is 12.2. The number of carboxylic acid groups (broad SMARTS) is 1. The van der Waals surface area contributed by atoms with E-state index in [1.807, 2.05) is 0 Å². The van der Waals surface area contributed by atoms with Crippen LogP contribution in [0.15, 0.2) is 5.38 Å². The number of cyclic esters (lactones) is 1. The van der Waals surface area contributed by atoms with Crippen LogP contribution in [0, 0.1) is 0 Å². The second-order valence-electron chi connectivity index (χ2n) is 5.42. The van der Waals surface area contributed by atoms with E-state index in [1.54, 1.807) is 0 Å². The minimum absolute atomic E-state index is 0.0963. The Morgan fingerprint density at radius 2 is 2.15 bits per heavy atom. The minimum Gasteiger partial charge on any atom is -0.477 e. The van der Waals surface area contributed by atoms with Crippen LogP contribution in [0.1, 0.15) is 23.3 Å². The molecule has 0 aromatic carbocycles. The third-order valence-electron chi connectivity index (χ3n) is 3.75. The smallest absolute Gasteiger partial charge is 0.372 e. The van der Waals surface area contributed by atoms with Gasteiger partial charge >= 0.3 is 17.7 Å². The van der Waals surface area contributed by atoms with Gasteiger partial charge in [0, 0.05) is 11.8 Å². The maximum absolute atomic E-state index is 12.4. The molecule has 2 atom stereocenters. The summed E-state index contributed by atoms with van der Waals surface area (Å²) in [5.74, 6) is -5.48. The number of thiazole rings is 1. The Balaban J connectivity index is 1.71. The van der Waals surface area contributed by atoms with Crippen molar-refractivity contribution in [3.8, 4) is 0 Å². The lowest BCUT2D eigenvalue weighted by molar-refractivity contribution is -0.256. The van der Waals surface area contributed by atoms with E-state index >= 15 is 0 Å². The third-order valence-corrected chi connectivity index (χ3v) is 4.42. The van der Waals surface area contributed by atoms with E-state index in [4.69, 9.17) is 15.3 Å². The summed E-state index contributed by atoms with van der Waals surface area (Å²) in [5, 5.41) is 13.3. The highest BCUT2D eigenvalue weighted by Gasteiger charge is 2.59. The molecule has 1 aromatic heterocycles. The number of nitrogens with one attached hydrogen (secondary N) is 1. The SMILES string of the molecule is Nc1nc(C(=O)C(=O)N[C@H]2CON(C3(C(=O)O)CCC(=O)O3)C2=O)cs1. The lowest BCUT2D eigenvalue weighted by Gasteiger charge is -2.30.